The van der Waals surface area contributed by atoms with Crippen molar-refractivity contribution >= 4 is 5.91 Å². The van der Waals surface area contributed by atoms with Crippen molar-refractivity contribution in [3.8, 4) is 23.8 Å². The number of nitrogens with zero attached hydrogens (tertiary/aromatic N) is 4. The topological polar surface area (TPSA) is 90.1 Å². The fourth-order valence-corrected chi connectivity index (χ4v) is 2.78. The number of nitrogens with one attached hydrogen (secondary N) is 1. The number of carbonyl (C=O) groups is 1. The highest BCUT2D eigenvalue weighted by Gasteiger charge is 2.38. The van der Waals surface area contributed by atoms with Gasteiger partial charge in [-0.1, -0.05) is 0 Å². The molecular formula is C20H23N5O3. The molecule has 28 heavy (non-hydrogen) atoms. The van der Waals surface area contributed by atoms with Crippen molar-refractivity contribution in [2.75, 3.05) is 13.7 Å². The summed E-state index contributed by atoms with van der Waals surface area (Å²) < 4.78 is 12.9. The van der Waals surface area contributed by atoms with E-state index in [4.69, 9.17) is 15.9 Å². The van der Waals surface area contributed by atoms with Crippen LogP contribution >= 0.6 is 0 Å². The summed E-state index contributed by atoms with van der Waals surface area (Å²) in [5, 5.41) is 15.1. The number of aromatic nitrogens is 2. The van der Waals surface area contributed by atoms with E-state index in [1.807, 2.05) is 13.2 Å². The van der Waals surface area contributed by atoms with Crippen LogP contribution in [0.5, 0.6) is 11.5 Å². The highest BCUT2D eigenvalue weighted by Crippen LogP contribution is 2.36. The van der Waals surface area contributed by atoms with Gasteiger partial charge in [0.1, 0.15) is 6.61 Å². The molecule has 1 amide bonds. The average Bonchev–Trinajstić information content (AvgIpc) is 3.35. The average molecular weight is 381 g/mol. The molecule has 1 aliphatic heterocycles. The van der Waals surface area contributed by atoms with Crippen LogP contribution < -0.4 is 14.8 Å². The molecule has 2 aromatic rings. The monoisotopic (exact) mass is 381 g/mol. The number of hydrogen-bond acceptors (Lipinski definition) is 6. The predicted molar refractivity (Wildman–Crippen MR) is 103 cm³/mol. The van der Waals surface area contributed by atoms with Gasteiger partial charge in [-0.3, -0.25) is 9.48 Å². The van der Waals surface area contributed by atoms with Gasteiger partial charge in [-0.25, -0.2) is 0 Å². The second kappa shape index (κ2) is 8.57. The number of hydrogen-bond donors (Lipinski definition) is 1. The third kappa shape index (κ3) is 4.88. The lowest BCUT2D eigenvalue weighted by atomic mass is 10.0. The molecule has 1 aromatic heterocycles. The fourth-order valence-electron chi connectivity index (χ4n) is 2.78. The molecule has 2 heterocycles. The minimum absolute atomic E-state index is 0.190. The summed E-state index contributed by atoms with van der Waals surface area (Å²) in [7, 11) is 3.39. The van der Waals surface area contributed by atoms with Crippen LogP contribution in [0.4, 0.5) is 0 Å². The molecule has 8 nitrogen and oxygen atoms in total. The van der Waals surface area contributed by atoms with Gasteiger partial charge in [0.2, 0.25) is 0 Å². The Morgan fingerprint density at radius 2 is 2.14 bits per heavy atom. The molecule has 0 saturated carbocycles. The van der Waals surface area contributed by atoms with Crippen molar-refractivity contribution in [2.24, 2.45) is 17.3 Å². The number of terminal acetylenes is 1. The van der Waals surface area contributed by atoms with Crippen LogP contribution in [0.2, 0.25) is 0 Å². The summed E-state index contributed by atoms with van der Waals surface area (Å²) >= 11 is 0. The van der Waals surface area contributed by atoms with E-state index in [0.717, 1.165) is 12.0 Å². The van der Waals surface area contributed by atoms with Crippen LogP contribution in [-0.4, -0.2) is 35.0 Å². The van der Waals surface area contributed by atoms with E-state index in [1.54, 1.807) is 36.2 Å². The zero-order valence-electron chi connectivity index (χ0n) is 16.0. The Hall–Kier alpha value is -3.34. The fraction of sp³-hybridized carbons (Fsp3) is 0.400. The number of carbonyl (C=O) groups excluding carboxylic acids is 1. The first-order valence-electron chi connectivity index (χ1n) is 8.99. The quantitative estimate of drug-likeness (QED) is 0.641. The zero-order chi connectivity index (χ0) is 20.0. The molecule has 3 rings (SSSR count). The highest BCUT2D eigenvalue weighted by molar-refractivity contribution is 5.94. The maximum atomic E-state index is 12.4. The van der Waals surface area contributed by atoms with Gasteiger partial charge >= 0.3 is 0 Å². The van der Waals surface area contributed by atoms with Gasteiger partial charge in [-0.2, -0.15) is 15.3 Å². The molecule has 0 saturated heterocycles. The van der Waals surface area contributed by atoms with E-state index in [2.05, 4.69) is 26.6 Å². The molecule has 8 heteroatoms. The molecule has 1 N–H and O–H groups in total. The van der Waals surface area contributed by atoms with Gasteiger partial charge in [-0.15, -0.1) is 12.3 Å². The molecule has 0 radical (unpaired) electrons. The lowest BCUT2D eigenvalue weighted by Crippen LogP contribution is -2.28. The number of methoxy groups -OCH3 is 1. The van der Waals surface area contributed by atoms with Crippen molar-refractivity contribution in [2.45, 2.75) is 31.5 Å². The molecule has 0 spiro atoms. The molecule has 1 aliphatic rings. The number of aryl methyl sites for hydroxylation is 1. The van der Waals surface area contributed by atoms with Crippen molar-refractivity contribution in [1.29, 1.82) is 0 Å². The van der Waals surface area contributed by atoms with E-state index in [1.165, 1.54) is 0 Å². The van der Waals surface area contributed by atoms with Gasteiger partial charge in [0, 0.05) is 50.2 Å². The summed E-state index contributed by atoms with van der Waals surface area (Å²) in [4.78, 5) is 12.4. The molecule has 0 unspecified atom stereocenters. The van der Waals surface area contributed by atoms with Crippen LogP contribution in [-0.2, 0) is 13.7 Å². The van der Waals surface area contributed by atoms with Crippen LogP contribution in [0.25, 0.3) is 0 Å². The highest BCUT2D eigenvalue weighted by atomic mass is 16.5. The Morgan fingerprint density at radius 3 is 2.79 bits per heavy atom. The smallest absolute Gasteiger partial charge is 0.251 e. The third-order valence-corrected chi connectivity index (χ3v) is 4.44. The van der Waals surface area contributed by atoms with Gasteiger partial charge in [0.05, 0.1) is 13.3 Å². The third-order valence-electron chi connectivity index (χ3n) is 4.44. The summed E-state index contributed by atoms with van der Waals surface area (Å²) in [6, 6.07) is 5.09. The molecule has 1 aromatic carbocycles. The van der Waals surface area contributed by atoms with Crippen molar-refractivity contribution in [1.82, 2.24) is 15.1 Å². The van der Waals surface area contributed by atoms with Crippen molar-refractivity contribution in [3.63, 3.8) is 0 Å². The number of ether oxygens (including phenoxy) is 2. The summed E-state index contributed by atoms with van der Waals surface area (Å²) in [5.74, 6) is 3.46. The van der Waals surface area contributed by atoms with Gasteiger partial charge in [0.15, 0.2) is 17.2 Å². The summed E-state index contributed by atoms with van der Waals surface area (Å²) in [5.41, 5.74) is 1.04. The van der Waals surface area contributed by atoms with E-state index in [0.29, 0.717) is 43.1 Å². The number of benzene rings is 1. The van der Waals surface area contributed by atoms with Crippen LogP contribution in [0.15, 0.2) is 40.8 Å². The first-order chi connectivity index (χ1) is 13.5. The van der Waals surface area contributed by atoms with Crippen molar-refractivity contribution < 1.29 is 14.3 Å². The van der Waals surface area contributed by atoms with Gasteiger partial charge in [-0.05, 0) is 18.2 Å². The molecular weight excluding hydrogens is 358 g/mol. The predicted octanol–water partition coefficient (Wildman–Crippen LogP) is 2.70. The van der Waals surface area contributed by atoms with E-state index >= 15 is 0 Å². The van der Waals surface area contributed by atoms with E-state index in [9.17, 15) is 4.79 Å². The molecule has 0 atom stereocenters. The minimum atomic E-state index is -0.401. The summed E-state index contributed by atoms with van der Waals surface area (Å²) in [6.45, 7) is 0.834. The largest absolute Gasteiger partial charge is 0.493 e. The lowest BCUT2D eigenvalue weighted by molar-refractivity contribution is 0.0951. The minimum Gasteiger partial charge on any atom is -0.493 e. The van der Waals surface area contributed by atoms with E-state index in [-0.39, 0.29) is 5.91 Å². The normalized spacial score (nSPS) is 13.6. The Bertz CT molecular complexity index is 907. The van der Waals surface area contributed by atoms with Crippen molar-refractivity contribution in [3.05, 3.63) is 41.7 Å². The lowest BCUT2D eigenvalue weighted by Gasteiger charge is -2.13. The van der Waals surface area contributed by atoms with E-state index < -0.39 is 5.66 Å². The Balaban J connectivity index is 1.53. The number of rotatable bonds is 10. The standard InChI is InChI=1S/C20H23N5O3/c1-4-5-8-20(23-24-20)9-10-21-19(26)16-6-7-17(18(11-16)27-3)28-14-15-12-22-25(2)13-15/h1,6-7,11-13H,5,8-10,14H2,2-3H3,(H,21,26). The van der Waals surface area contributed by atoms with Gasteiger partial charge in [0.25, 0.3) is 5.91 Å². The second-order valence-electron chi connectivity index (χ2n) is 6.57. The molecule has 0 aliphatic carbocycles. The van der Waals surface area contributed by atoms with Crippen LogP contribution in [0.3, 0.4) is 0 Å². The molecule has 0 fully saturated rings. The van der Waals surface area contributed by atoms with Gasteiger partial charge < -0.3 is 14.8 Å². The molecule has 0 bridgehead atoms. The maximum absolute atomic E-state index is 12.4. The van der Waals surface area contributed by atoms with Crippen LogP contribution in [0, 0.1) is 12.3 Å². The van der Waals surface area contributed by atoms with Crippen LogP contribution in [0.1, 0.15) is 35.2 Å². The zero-order valence-corrected chi connectivity index (χ0v) is 16.0. The first-order valence-corrected chi connectivity index (χ1v) is 8.99. The number of amides is 1. The maximum Gasteiger partial charge on any atom is 0.251 e. The Kier molecular flexibility index (Phi) is 5.94. The molecule has 146 valence electrons. The second-order valence-corrected chi connectivity index (χ2v) is 6.57. The SMILES string of the molecule is C#CCCC1(CCNC(=O)c2ccc(OCc3cnn(C)c3)c(OC)c2)N=N1. The Morgan fingerprint density at radius 1 is 1.32 bits per heavy atom. The summed E-state index contributed by atoms with van der Waals surface area (Å²) in [6.07, 6.45) is 10.9. The Labute approximate surface area is 163 Å². The first kappa shape index (κ1) is 19.4.